The van der Waals surface area contributed by atoms with Crippen molar-refractivity contribution in [3.63, 3.8) is 0 Å². The van der Waals surface area contributed by atoms with Gasteiger partial charge >= 0.3 is 0 Å². The minimum Gasteiger partial charge on any atom is -0.366 e. The molecule has 4 nitrogen and oxygen atoms in total. The van der Waals surface area contributed by atoms with E-state index in [1.807, 2.05) is 18.2 Å². The summed E-state index contributed by atoms with van der Waals surface area (Å²) in [6.45, 7) is 7.90. The first-order valence-electron chi connectivity index (χ1n) is 9.59. The van der Waals surface area contributed by atoms with Gasteiger partial charge in [0.15, 0.2) is 0 Å². The van der Waals surface area contributed by atoms with E-state index in [0.29, 0.717) is 19.0 Å². The predicted molar refractivity (Wildman–Crippen MR) is 107 cm³/mol. The van der Waals surface area contributed by atoms with Gasteiger partial charge in [0.1, 0.15) is 6.10 Å². The molecule has 2 aliphatic rings. The number of amides is 1. The maximum absolute atomic E-state index is 13.1. The molecule has 0 radical (unpaired) electrons. The molecule has 146 valence electrons. The number of hydrogen-bond acceptors (Lipinski definition) is 3. The van der Waals surface area contributed by atoms with Crippen LogP contribution < -0.4 is 5.73 Å². The number of nitrogens with two attached hydrogens (primary N) is 1. The summed E-state index contributed by atoms with van der Waals surface area (Å²) in [5.41, 5.74) is 7.16. The monoisotopic (exact) mass is 380 g/mol. The molecule has 2 fully saturated rings. The Hall–Kier alpha value is -1.10. The van der Waals surface area contributed by atoms with Gasteiger partial charge in [-0.3, -0.25) is 4.79 Å². The Morgan fingerprint density at radius 3 is 2.27 bits per heavy atom. The highest BCUT2D eigenvalue weighted by Crippen LogP contribution is 2.35. The first kappa shape index (κ1) is 21.2. The number of carbonyl (C=O) groups excluding carboxylic acids is 1. The third-order valence-corrected chi connectivity index (χ3v) is 5.67. The van der Waals surface area contributed by atoms with E-state index >= 15 is 0 Å². The van der Waals surface area contributed by atoms with Crippen LogP contribution in [-0.2, 0) is 9.53 Å². The lowest BCUT2D eigenvalue weighted by Gasteiger charge is -2.44. The Bertz CT molecular complexity index is 579. The highest BCUT2D eigenvalue weighted by atomic mass is 35.5. The van der Waals surface area contributed by atoms with Crippen LogP contribution >= 0.6 is 12.4 Å². The molecule has 2 N–H and O–H groups in total. The molecule has 1 aliphatic heterocycles. The summed E-state index contributed by atoms with van der Waals surface area (Å²) in [5, 5.41) is 0. The van der Waals surface area contributed by atoms with Crippen molar-refractivity contribution in [2.24, 2.45) is 17.1 Å². The average molecular weight is 381 g/mol. The largest absolute Gasteiger partial charge is 0.366 e. The van der Waals surface area contributed by atoms with Crippen LogP contribution in [0, 0.1) is 11.3 Å². The summed E-state index contributed by atoms with van der Waals surface area (Å²) in [5.74, 6) is 0.431. The fourth-order valence-electron chi connectivity index (χ4n) is 3.89. The Kier molecular flexibility index (Phi) is 7.12. The number of hydrogen-bond donors (Lipinski definition) is 1. The maximum atomic E-state index is 13.1. The number of ether oxygens (including phenoxy) is 1. The topological polar surface area (TPSA) is 55.6 Å². The van der Waals surface area contributed by atoms with Crippen molar-refractivity contribution in [3.05, 3.63) is 35.9 Å². The van der Waals surface area contributed by atoms with Gasteiger partial charge in [-0.2, -0.15) is 0 Å². The number of rotatable bonds is 2. The Morgan fingerprint density at radius 2 is 1.69 bits per heavy atom. The number of morpholine rings is 1. The Labute approximate surface area is 163 Å². The molecule has 1 aromatic rings. The quantitative estimate of drug-likeness (QED) is 0.845. The second-order valence-electron chi connectivity index (χ2n) is 8.74. The van der Waals surface area contributed by atoms with Gasteiger partial charge in [-0.15, -0.1) is 12.4 Å². The van der Waals surface area contributed by atoms with Crippen molar-refractivity contribution in [2.45, 2.75) is 64.7 Å². The van der Waals surface area contributed by atoms with Crippen molar-refractivity contribution in [2.75, 3.05) is 13.1 Å². The molecule has 0 aromatic heterocycles. The lowest BCUT2D eigenvalue weighted by molar-refractivity contribution is -0.161. The first-order valence-corrected chi connectivity index (χ1v) is 9.59. The van der Waals surface area contributed by atoms with Crippen molar-refractivity contribution in [1.29, 1.82) is 0 Å². The summed E-state index contributed by atoms with van der Waals surface area (Å²) in [6, 6.07) is 10.5. The normalized spacial score (nSPS) is 29.8. The van der Waals surface area contributed by atoms with E-state index in [1.54, 1.807) is 0 Å². The second-order valence-corrected chi connectivity index (χ2v) is 8.74. The summed E-state index contributed by atoms with van der Waals surface area (Å²) in [6.07, 6.45) is 3.77. The molecule has 1 amide bonds. The van der Waals surface area contributed by atoms with Crippen molar-refractivity contribution >= 4 is 18.3 Å². The van der Waals surface area contributed by atoms with Crippen molar-refractivity contribution in [3.8, 4) is 0 Å². The van der Waals surface area contributed by atoms with Crippen LogP contribution in [0.3, 0.4) is 0 Å². The van der Waals surface area contributed by atoms with Gasteiger partial charge in [-0.25, -0.2) is 0 Å². The standard InChI is InChI=1S/C21H32N2O2.ClH/c1-21(2,3)19-14-23(20(24)16-9-11-17(22)12-10-16)13-18(25-19)15-7-5-4-6-8-15;/h4-8,16-19H,9-14,22H2,1-3H3;1H/t16?,17?,18-,19+;/m0./s1. The van der Waals surface area contributed by atoms with Crippen molar-refractivity contribution < 1.29 is 9.53 Å². The lowest BCUT2D eigenvalue weighted by Crippen LogP contribution is -2.53. The fourth-order valence-corrected chi connectivity index (χ4v) is 3.89. The lowest BCUT2D eigenvalue weighted by atomic mass is 9.84. The smallest absolute Gasteiger partial charge is 0.225 e. The van der Waals surface area contributed by atoms with Crippen LogP contribution in [0.4, 0.5) is 0 Å². The molecule has 2 atom stereocenters. The minimum atomic E-state index is -0.0472. The number of benzene rings is 1. The van der Waals surface area contributed by atoms with Gasteiger partial charge in [0.25, 0.3) is 0 Å². The number of halogens is 1. The fraction of sp³-hybridized carbons (Fsp3) is 0.667. The summed E-state index contributed by atoms with van der Waals surface area (Å²) in [4.78, 5) is 15.2. The maximum Gasteiger partial charge on any atom is 0.225 e. The zero-order valence-electron chi connectivity index (χ0n) is 16.2. The summed E-state index contributed by atoms with van der Waals surface area (Å²) in [7, 11) is 0. The van der Waals surface area contributed by atoms with Crippen LogP contribution in [0.25, 0.3) is 0 Å². The summed E-state index contributed by atoms with van der Waals surface area (Å²) < 4.78 is 6.41. The van der Waals surface area contributed by atoms with Gasteiger partial charge < -0.3 is 15.4 Å². The minimum absolute atomic E-state index is 0. The molecule has 1 saturated carbocycles. The van der Waals surface area contributed by atoms with E-state index in [4.69, 9.17) is 10.5 Å². The molecule has 3 rings (SSSR count). The van der Waals surface area contributed by atoms with Crippen LogP contribution in [0.5, 0.6) is 0 Å². The van der Waals surface area contributed by atoms with E-state index in [-0.39, 0.29) is 42.0 Å². The summed E-state index contributed by atoms with van der Waals surface area (Å²) >= 11 is 0. The van der Waals surface area contributed by atoms with Gasteiger partial charge in [0.05, 0.1) is 12.6 Å². The molecule has 0 unspecified atom stereocenters. The highest BCUT2D eigenvalue weighted by Gasteiger charge is 2.39. The number of nitrogens with zero attached hydrogens (tertiary/aromatic N) is 1. The van der Waals surface area contributed by atoms with Gasteiger partial charge in [0.2, 0.25) is 5.91 Å². The van der Waals surface area contributed by atoms with Gasteiger partial charge in [-0.1, -0.05) is 51.1 Å². The SMILES string of the molecule is CC(C)(C)[C@H]1CN(C(=O)C2CCC(N)CC2)C[C@@H](c2ccccc2)O1.Cl. The molecule has 0 bridgehead atoms. The van der Waals surface area contributed by atoms with Crippen LogP contribution in [0.2, 0.25) is 0 Å². The predicted octanol–water partition coefficient (Wildman–Crippen LogP) is 3.94. The van der Waals surface area contributed by atoms with Crippen LogP contribution in [0.15, 0.2) is 30.3 Å². The van der Waals surface area contributed by atoms with E-state index in [2.05, 4.69) is 37.8 Å². The second kappa shape index (κ2) is 8.73. The Morgan fingerprint density at radius 1 is 1.08 bits per heavy atom. The number of carbonyl (C=O) groups is 1. The van der Waals surface area contributed by atoms with E-state index in [0.717, 1.165) is 31.2 Å². The molecular weight excluding hydrogens is 348 g/mol. The Balaban J connectivity index is 0.00000243. The molecule has 1 saturated heterocycles. The van der Waals surface area contributed by atoms with E-state index < -0.39 is 0 Å². The zero-order chi connectivity index (χ0) is 18.0. The third-order valence-electron chi connectivity index (χ3n) is 5.67. The molecule has 1 heterocycles. The molecule has 1 aliphatic carbocycles. The average Bonchev–Trinajstić information content (AvgIpc) is 2.61. The van der Waals surface area contributed by atoms with Gasteiger partial charge in [0, 0.05) is 18.5 Å². The highest BCUT2D eigenvalue weighted by molar-refractivity contribution is 5.85. The first-order chi connectivity index (χ1) is 11.8. The third kappa shape index (κ3) is 4.99. The molecule has 1 aromatic carbocycles. The molecule has 26 heavy (non-hydrogen) atoms. The zero-order valence-corrected chi connectivity index (χ0v) is 17.0. The van der Waals surface area contributed by atoms with Crippen LogP contribution in [0.1, 0.15) is 58.1 Å². The van der Waals surface area contributed by atoms with Crippen LogP contribution in [-0.4, -0.2) is 36.0 Å². The molecule has 5 heteroatoms. The van der Waals surface area contributed by atoms with Crippen molar-refractivity contribution in [1.82, 2.24) is 4.90 Å². The molecule has 0 spiro atoms. The molecular formula is C21H33ClN2O2. The van der Waals surface area contributed by atoms with E-state index in [1.165, 1.54) is 0 Å². The van der Waals surface area contributed by atoms with E-state index in [9.17, 15) is 4.79 Å². The van der Waals surface area contributed by atoms with Gasteiger partial charge in [-0.05, 0) is 36.7 Å².